The summed E-state index contributed by atoms with van der Waals surface area (Å²) in [6, 6.07) is -2.34. The molecule has 14 atom stereocenters. The summed E-state index contributed by atoms with van der Waals surface area (Å²) in [6.07, 6.45) is -18.0. The van der Waals surface area contributed by atoms with Crippen LogP contribution in [0.5, 0.6) is 0 Å². The van der Waals surface area contributed by atoms with Crippen LogP contribution >= 0.6 is 0 Å². The minimum atomic E-state index is -2.27. The van der Waals surface area contributed by atoms with E-state index < -0.39 is 111 Å². The second kappa shape index (κ2) is 11.3. The van der Waals surface area contributed by atoms with Crippen LogP contribution < -0.4 is 5.32 Å². The summed E-state index contributed by atoms with van der Waals surface area (Å²) in [6.45, 7) is -2.40. The molecule has 35 heavy (non-hydrogen) atoms. The number of nitrogens with one attached hydrogen (secondary N) is 1. The summed E-state index contributed by atoms with van der Waals surface area (Å²) < 4.78 is 10.7. The summed E-state index contributed by atoms with van der Waals surface area (Å²) in [5.41, 5.74) is -2.27. The maximum atomic E-state index is 11.1. The molecule has 0 radical (unpaired) electrons. The SMILES string of the molecule is OCC1=C[C@@H](N[C@@H]2C[C@@](O)(CO)[C@@H](O[C@@H]3O[C@H](CO)[C@@H](O)[C@H](O)[C@H]3O)[C@H](O)[C@@H]2O)[C@H](O)[C@H](O)[C@@H]1O. The quantitative estimate of drug-likeness (QED) is 0.141. The minimum absolute atomic E-state index is 0.00704. The molecule has 0 bridgehead atoms. The van der Waals surface area contributed by atoms with Gasteiger partial charge in [-0.25, -0.2) is 0 Å². The van der Waals surface area contributed by atoms with Gasteiger partial charge in [-0.3, -0.25) is 0 Å². The van der Waals surface area contributed by atoms with Gasteiger partial charge in [-0.1, -0.05) is 6.08 Å². The fourth-order valence-electron chi connectivity index (χ4n) is 4.78. The molecule has 0 amide bonds. The third-order valence-electron chi connectivity index (χ3n) is 6.98. The summed E-state index contributed by atoms with van der Waals surface area (Å²) in [5, 5.41) is 124. The van der Waals surface area contributed by atoms with E-state index in [0.29, 0.717) is 0 Å². The molecule has 1 aliphatic heterocycles. The van der Waals surface area contributed by atoms with Gasteiger partial charge < -0.3 is 76.1 Å². The van der Waals surface area contributed by atoms with Gasteiger partial charge in [0.25, 0.3) is 0 Å². The molecule has 2 fully saturated rings. The lowest BCUT2D eigenvalue weighted by atomic mass is 9.75. The van der Waals surface area contributed by atoms with Crippen molar-refractivity contribution in [2.24, 2.45) is 0 Å². The second-order valence-electron chi connectivity index (χ2n) is 9.33. The zero-order valence-corrected chi connectivity index (χ0v) is 18.6. The lowest BCUT2D eigenvalue weighted by Crippen LogP contribution is -2.71. The minimum Gasteiger partial charge on any atom is -0.394 e. The van der Waals surface area contributed by atoms with E-state index >= 15 is 0 Å². The maximum absolute atomic E-state index is 11.1. The van der Waals surface area contributed by atoms with Crippen LogP contribution in [0.4, 0.5) is 0 Å². The van der Waals surface area contributed by atoms with Crippen LogP contribution in [0.1, 0.15) is 6.42 Å². The Balaban J connectivity index is 1.79. The highest BCUT2D eigenvalue weighted by molar-refractivity contribution is 5.22. The highest BCUT2D eigenvalue weighted by Crippen LogP contribution is 2.35. The number of hydrogen-bond donors (Lipinski definition) is 13. The molecule has 1 saturated heterocycles. The third kappa shape index (κ3) is 5.40. The lowest BCUT2D eigenvalue weighted by molar-refractivity contribution is -0.343. The van der Waals surface area contributed by atoms with Crippen molar-refractivity contribution in [3.8, 4) is 0 Å². The molecule has 15 nitrogen and oxygen atoms in total. The molecule has 0 aromatic heterocycles. The van der Waals surface area contributed by atoms with Crippen molar-refractivity contribution in [1.82, 2.24) is 5.32 Å². The standard InChI is InChI=1S/C20H35NO14/c22-3-6-1-7(11(26)14(29)10(6)25)21-8-2-20(33,5-24)18(16(31)12(8)27)35-19-17(32)15(30)13(28)9(4-23)34-19/h1,7-19,21-33H,2-5H2/t7-,8-,9-,10-,11+,12-,13-,14-,15+,16-,17-,18+,19+,20-/m1/s1. The number of aliphatic hydroxyl groups excluding tert-OH is 11. The van der Waals surface area contributed by atoms with Gasteiger partial charge in [-0.05, 0) is 12.0 Å². The average molecular weight is 513 g/mol. The molecule has 3 aliphatic rings. The van der Waals surface area contributed by atoms with Crippen molar-refractivity contribution in [3.63, 3.8) is 0 Å². The topological polar surface area (TPSA) is 273 Å². The molecular formula is C20H35NO14. The summed E-state index contributed by atoms with van der Waals surface area (Å²) in [7, 11) is 0. The van der Waals surface area contributed by atoms with Crippen LogP contribution in [0.25, 0.3) is 0 Å². The van der Waals surface area contributed by atoms with Crippen molar-refractivity contribution >= 4 is 0 Å². The third-order valence-corrected chi connectivity index (χ3v) is 6.98. The van der Waals surface area contributed by atoms with Crippen molar-refractivity contribution in [2.45, 2.75) is 91.4 Å². The second-order valence-corrected chi connectivity index (χ2v) is 9.33. The van der Waals surface area contributed by atoms with Gasteiger partial charge in [0, 0.05) is 6.04 Å². The van der Waals surface area contributed by atoms with Gasteiger partial charge in [0.05, 0.1) is 32.0 Å². The molecule has 0 unspecified atom stereocenters. The highest BCUT2D eigenvalue weighted by Gasteiger charge is 2.56. The lowest BCUT2D eigenvalue weighted by Gasteiger charge is -2.50. The van der Waals surface area contributed by atoms with Crippen LogP contribution in [0.3, 0.4) is 0 Å². The maximum Gasteiger partial charge on any atom is 0.187 e. The molecule has 0 aromatic carbocycles. The number of aliphatic hydroxyl groups is 12. The Morgan fingerprint density at radius 1 is 0.857 bits per heavy atom. The van der Waals surface area contributed by atoms with Gasteiger partial charge in [0.1, 0.15) is 60.5 Å². The van der Waals surface area contributed by atoms with Crippen LogP contribution in [0.15, 0.2) is 11.6 Å². The first kappa shape index (κ1) is 28.7. The monoisotopic (exact) mass is 513 g/mol. The molecule has 1 saturated carbocycles. The fraction of sp³-hybridized carbons (Fsp3) is 0.900. The van der Waals surface area contributed by atoms with E-state index in [1.165, 1.54) is 6.08 Å². The first-order valence-electron chi connectivity index (χ1n) is 11.2. The van der Waals surface area contributed by atoms with E-state index in [0.717, 1.165) is 0 Å². The molecule has 3 rings (SSSR count). The van der Waals surface area contributed by atoms with E-state index in [9.17, 15) is 61.3 Å². The molecule has 1 heterocycles. The predicted octanol–water partition coefficient (Wildman–Crippen LogP) is -7.64. The molecule has 2 aliphatic carbocycles. The Labute approximate surface area is 199 Å². The van der Waals surface area contributed by atoms with Crippen LogP contribution in [-0.4, -0.2) is 166 Å². The van der Waals surface area contributed by atoms with Crippen molar-refractivity contribution < 1.29 is 70.8 Å². The molecule has 204 valence electrons. The summed E-state index contributed by atoms with van der Waals surface area (Å²) in [5.74, 6) is 0. The fourth-order valence-corrected chi connectivity index (χ4v) is 4.78. The van der Waals surface area contributed by atoms with E-state index in [1.807, 2.05) is 0 Å². The summed E-state index contributed by atoms with van der Waals surface area (Å²) in [4.78, 5) is 0. The normalized spacial score (nSPS) is 51.2. The van der Waals surface area contributed by atoms with Crippen molar-refractivity contribution in [1.29, 1.82) is 0 Å². The Hall–Kier alpha value is -0.860. The Kier molecular flexibility index (Phi) is 9.23. The predicted molar refractivity (Wildman–Crippen MR) is 111 cm³/mol. The first-order chi connectivity index (χ1) is 16.4. The number of rotatable bonds is 7. The average Bonchev–Trinajstić information content (AvgIpc) is 2.85. The molecule has 15 heteroatoms. The van der Waals surface area contributed by atoms with Gasteiger partial charge in [-0.15, -0.1) is 0 Å². The largest absolute Gasteiger partial charge is 0.394 e. The van der Waals surface area contributed by atoms with E-state index in [-0.39, 0.29) is 5.57 Å². The van der Waals surface area contributed by atoms with E-state index in [1.54, 1.807) is 0 Å². The van der Waals surface area contributed by atoms with Gasteiger partial charge >= 0.3 is 0 Å². The van der Waals surface area contributed by atoms with E-state index in [2.05, 4.69) is 5.32 Å². The molecule has 0 spiro atoms. The van der Waals surface area contributed by atoms with Gasteiger partial charge in [0.15, 0.2) is 6.29 Å². The summed E-state index contributed by atoms with van der Waals surface area (Å²) >= 11 is 0. The zero-order valence-electron chi connectivity index (χ0n) is 18.6. The first-order valence-corrected chi connectivity index (χ1v) is 11.2. The van der Waals surface area contributed by atoms with Gasteiger partial charge in [0.2, 0.25) is 0 Å². The van der Waals surface area contributed by atoms with E-state index in [4.69, 9.17) is 9.47 Å². The van der Waals surface area contributed by atoms with Crippen LogP contribution in [0, 0.1) is 0 Å². The van der Waals surface area contributed by atoms with Crippen molar-refractivity contribution in [2.75, 3.05) is 19.8 Å². The molecule has 13 N–H and O–H groups in total. The van der Waals surface area contributed by atoms with Crippen LogP contribution in [-0.2, 0) is 9.47 Å². The van der Waals surface area contributed by atoms with Gasteiger partial charge in [-0.2, -0.15) is 0 Å². The smallest absolute Gasteiger partial charge is 0.187 e. The number of hydrogen-bond acceptors (Lipinski definition) is 15. The molecular weight excluding hydrogens is 478 g/mol. The highest BCUT2D eigenvalue weighted by atomic mass is 16.7. The Bertz CT molecular complexity index is 741. The number of ether oxygens (including phenoxy) is 2. The Morgan fingerprint density at radius 2 is 1.51 bits per heavy atom. The van der Waals surface area contributed by atoms with Crippen molar-refractivity contribution in [3.05, 3.63) is 11.6 Å². The van der Waals surface area contributed by atoms with Crippen LogP contribution in [0.2, 0.25) is 0 Å². The zero-order chi connectivity index (χ0) is 26.2. The molecule has 0 aromatic rings. The Morgan fingerprint density at radius 3 is 2.09 bits per heavy atom.